The summed E-state index contributed by atoms with van der Waals surface area (Å²) in [5.74, 6) is 0.485. The number of hydrogen-bond acceptors (Lipinski definition) is 7. The fourth-order valence-corrected chi connectivity index (χ4v) is 3.47. The molecule has 0 aliphatic carbocycles. The molecule has 2 aromatic rings. The Morgan fingerprint density at radius 1 is 0.935 bits per heavy atom. The first-order valence-corrected chi connectivity index (χ1v) is 9.66. The van der Waals surface area contributed by atoms with E-state index in [0.29, 0.717) is 48.9 Å². The first-order valence-electron chi connectivity index (χ1n) is 9.66. The van der Waals surface area contributed by atoms with Crippen molar-refractivity contribution < 1.29 is 24.0 Å². The number of nitro groups is 1. The molecular formula is C21H24N4O6. The predicted molar refractivity (Wildman–Crippen MR) is 114 cm³/mol. The Bertz CT molecular complexity index is 1000. The molecule has 10 heteroatoms. The number of nitro benzene ring substituents is 1. The summed E-state index contributed by atoms with van der Waals surface area (Å²) in [4.78, 5) is 39.8. The van der Waals surface area contributed by atoms with Gasteiger partial charge >= 0.3 is 0 Å². The quantitative estimate of drug-likeness (QED) is 0.554. The van der Waals surface area contributed by atoms with Gasteiger partial charge in [-0.05, 0) is 18.2 Å². The van der Waals surface area contributed by atoms with Crippen molar-refractivity contribution >= 4 is 23.2 Å². The summed E-state index contributed by atoms with van der Waals surface area (Å²) < 4.78 is 10.5. The maximum absolute atomic E-state index is 13.0. The Morgan fingerprint density at radius 3 is 2.06 bits per heavy atom. The van der Waals surface area contributed by atoms with Crippen molar-refractivity contribution in [3.63, 3.8) is 0 Å². The molecule has 0 aromatic heterocycles. The third-order valence-corrected chi connectivity index (χ3v) is 5.21. The van der Waals surface area contributed by atoms with E-state index < -0.39 is 4.92 Å². The highest BCUT2D eigenvalue weighted by atomic mass is 16.6. The van der Waals surface area contributed by atoms with Crippen LogP contribution in [0.5, 0.6) is 11.5 Å². The largest absolute Gasteiger partial charge is 0.497 e. The van der Waals surface area contributed by atoms with Gasteiger partial charge in [0, 0.05) is 57.1 Å². The lowest BCUT2D eigenvalue weighted by Crippen LogP contribution is -2.50. The molecule has 31 heavy (non-hydrogen) atoms. The molecular weight excluding hydrogens is 404 g/mol. The smallest absolute Gasteiger partial charge is 0.270 e. The number of rotatable bonds is 6. The number of nitrogens with one attached hydrogen (secondary N) is 1. The van der Waals surface area contributed by atoms with Crippen LogP contribution in [0.3, 0.4) is 0 Å². The van der Waals surface area contributed by atoms with E-state index in [4.69, 9.17) is 9.47 Å². The van der Waals surface area contributed by atoms with Gasteiger partial charge < -0.3 is 24.6 Å². The molecule has 1 saturated heterocycles. The van der Waals surface area contributed by atoms with Gasteiger partial charge in [-0.2, -0.15) is 0 Å². The Labute approximate surface area is 179 Å². The van der Waals surface area contributed by atoms with Crippen molar-refractivity contribution in [1.29, 1.82) is 0 Å². The van der Waals surface area contributed by atoms with E-state index in [2.05, 4.69) is 5.32 Å². The van der Waals surface area contributed by atoms with Gasteiger partial charge in [0.05, 0.1) is 30.3 Å². The second kappa shape index (κ2) is 9.33. The van der Waals surface area contributed by atoms with E-state index in [1.54, 1.807) is 35.0 Å². The number of methoxy groups -OCH3 is 2. The molecule has 164 valence electrons. The van der Waals surface area contributed by atoms with Crippen LogP contribution in [-0.4, -0.2) is 74.0 Å². The number of amides is 2. The number of non-ortho nitro benzene ring substituents is 1. The van der Waals surface area contributed by atoms with E-state index >= 15 is 0 Å². The van der Waals surface area contributed by atoms with Gasteiger partial charge in [-0.1, -0.05) is 0 Å². The zero-order valence-corrected chi connectivity index (χ0v) is 17.6. The minimum atomic E-state index is -0.533. The number of benzene rings is 2. The van der Waals surface area contributed by atoms with Crippen molar-refractivity contribution in [3.8, 4) is 11.5 Å². The molecule has 10 nitrogen and oxygen atoms in total. The van der Waals surface area contributed by atoms with Crippen LogP contribution in [0.1, 0.15) is 20.7 Å². The molecule has 0 spiro atoms. The Hall–Kier alpha value is -3.82. The summed E-state index contributed by atoms with van der Waals surface area (Å²) in [5, 5.41) is 14.0. The molecule has 2 aromatic carbocycles. The maximum atomic E-state index is 13.0. The SMILES string of the molecule is CNc1ccc([N+](=O)[O-])cc1C(=O)N1CCN(C(=O)c2ccc(OC)cc2OC)CC1. The van der Waals surface area contributed by atoms with Crippen LogP contribution in [-0.2, 0) is 0 Å². The van der Waals surface area contributed by atoms with Gasteiger partial charge in [-0.3, -0.25) is 19.7 Å². The van der Waals surface area contributed by atoms with Crippen molar-refractivity contribution in [2.75, 3.05) is 52.8 Å². The molecule has 1 N–H and O–H groups in total. The fraction of sp³-hybridized carbons (Fsp3) is 0.333. The maximum Gasteiger partial charge on any atom is 0.270 e. The summed E-state index contributed by atoms with van der Waals surface area (Å²) >= 11 is 0. The number of carbonyl (C=O) groups is 2. The van der Waals surface area contributed by atoms with E-state index in [9.17, 15) is 19.7 Å². The Kier molecular flexibility index (Phi) is 6.58. The monoisotopic (exact) mass is 428 g/mol. The predicted octanol–water partition coefficient (Wildman–Crippen LogP) is 2.25. The normalized spacial score (nSPS) is 13.5. The minimum absolute atomic E-state index is 0.150. The minimum Gasteiger partial charge on any atom is -0.497 e. The number of ether oxygens (including phenoxy) is 2. The molecule has 0 saturated carbocycles. The number of nitrogens with zero attached hydrogens (tertiary/aromatic N) is 3. The van der Waals surface area contributed by atoms with Gasteiger partial charge in [-0.25, -0.2) is 0 Å². The highest BCUT2D eigenvalue weighted by Crippen LogP contribution is 2.27. The van der Waals surface area contributed by atoms with E-state index in [-0.39, 0.29) is 23.1 Å². The second-order valence-corrected chi connectivity index (χ2v) is 6.89. The molecule has 2 amide bonds. The number of anilines is 1. The summed E-state index contributed by atoms with van der Waals surface area (Å²) in [6.45, 7) is 1.30. The summed E-state index contributed by atoms with van der Waals surface area (Å²) in [6.07, 6.45) is 0. The van der Waals surface area contributed by atoms with Crippen LogP contribution in [0.15, 0.2) is 36.4 Å². The van der Waals surface area contributed by atoms with Crippen LogP contribution in [0, 0.1) is 10.1 Å². The van der Waals surface area contributed by atoms with Crippen LogP contribution >= 0.6 is 0 Å². The lowest BCUT2D eigenvalue weighted by molar-refractivity contribution is -0.384. The van der Waals surface area contributed by atoms with Crippen molar-refractivity contribution in [2.45, 2.75) is 0 Å². The summed E-state index contributed by atoms with van der Waals surface area (Å²) in [6, 6.07) is 9.13. The van der Waals surface area contributed by atoms with Gasteiger partial charge in [-0.15, -0.1) is 0 Å². The van der Waals surface area contributed by atoms with Crippen molar-refractivity contribution in [3.05, 3.63) is 57.6 Å². The van der Waals surface area contributed by atoms with Crippen LogP contribution < -0.4 is 14.8 Å². The molecule has 1 heterocycles. The zero-order chi connectivity index (χ0) is 22.5. The first-order chi connectivity index (χ1) is 14.9. The van der Waals surface area contributed by atoms with Crippen molar-refractivity contribution in [2.24, 2.45) is 0 Å². The van der Waals surface area contributed by atoms with Crippen LogP contribution in [0.2, 0.25) is 0 Å². The highest BCUT2D eigenvalue weighted by Gasteiger charge is 2.28. The molecule has 0 unspecified atom stereocenters. The van der Waals surface area contributed by atoms with Gasteiger partial charge in [0.25, 0.3) is 17.5 Å². The van der Waals surface area contributed by atoms with Gasteiger partial charge in [0.15, 0.2) is 0 Å². The lowest BCUT2D eigenvalue weighted by atomic mass is 10.1. The summed E-state index contributed by atoms with van der Waals surface area (Å²) in [7, 11) is 4.67. The molecule has 1 aliphatic heterocycles. The molecule has 0 bridgehead atoms. The van der Waals surface area contributed by atoms with Gasteiger partial charge in [0.1, 0.15) is 11.5 Å². The molecule has 1 fully saturated rings. The fourth-order valence-electron chi connectivity index (χ4n) is 3.47. The van der Waals surface area contributed by atoms with E-state index in [1.165, 1.54) is 32.4 Å². The first kappa shape index (κ1) is 21.9. The Morgan fingerprint density at radius 2 is 1.55 bits per heavy atom. The van der Waals surface area contributed by atoms with Crippen molar-refractivity contribution in [1.82, 2.24) is 9.80 Å². The second-order valence-electron chi connectivity index (χ2n) is 6.89. The van der Waals surface area contributed by atoms with E-state index in [0.717, 1.165) is 0 Å². The lowest BCUT2D eigenvalue weighted by Gasteiger charge is -2.35. The van der Waals surface area contributed by atoms with Crippen LogP contribution in [0.4, 0.5) is 11.4 Å². The van der Waals surface area contributed by atoms with Gasteiger partial charge in [0.2, 0.25) is 0 Å². The molecule has 0 radical (unpaired) electrons. The van der Waals surface area contributed by atoms with Crippen LogP contribution in [0.25, 0.3) is 0 Å². The topological polar surface area (TPSA) is 114 Å². The number of hydrogen-bond donors (Lipinski definition) is 1. The third kappa shape index (κ3) is 4.52. The average Bonchev–Trinajstić information content (AvgIpc) is 2.82. The number of carbonyl (C=O) groups excluding carboxylic acids is 2. The Balaban J connectivity index is 1.72. The molecule has 1 aliphatic rings. The molecule has 0 atom stereocenters. The molecule has 3 rings (SSSR count). The zero-order valence-electron chi connectivity index (χ0n) is 17.6. The number of piperazine rings is 1. The third-order valence-electron chi connectivity index (χ3n) is 5.21. The average molecular weight is 428 g/mol. The van der Waals surface area contributed by atoms with E-state index in [1.807, 2.05) is 0 Å². The standard InChI is InChI=1S/C21H24N4O6/c1-22-18-7-4-14(25(28)29)12-17(18)21(27)24-10-8-23(9-11-24)20(26)16-6-5-15(30-2)13-19(16)31-3/h4-7,12-13,22H,8-11H2,1-3H3. The summed E-state index contributed by atoms with van der Waals surface area (Å²) in [5.41, 5.74) is 1.01. The highest BCUT2D eigenvalue weighted by molar-refractivity contribution is 6.01.